The zero-order valence-electron chi connectivity index (χ0n) is 18.3. The van der Waals surface area contributed by atoms with Crippen molar-refractivity contribution in [3.8, 4) is 11.5 Å². The van der Waals surface area contributed by atoms with E-state index in [1.165, 1.54) is 49.7 Å². The van der Waals surface area contributed by atoms with Crippen LogP contribution in [0.4, 0.5) is 0 Å². The monoisotopic (exact) mass is 419 g/mol. The molecule has 0 heterocycles. The Bertz CT molecular complexity index is 673. The van der Waals surface area contributed by atoms with Gasteiger partial charge in [-0.1, -0.05) is 81.0 Å². The highest BCUT2D eigenvalue weighted by atomic mass is 35.5. The Hall–Kier alpha value is -1.71. The summed E-state index contributed by atoms with van der Waals surface area (Å²) in [6.07, 6.45) is 7.92. The molecule has 2 aromatic carbocycles. The van der Waals surface area contributed by atoms with Gasteiger partial charge in [-0.25, -0.2) is 0 Å². The van der Waals surface area contributed by atoms with Crippen molar-refractivity contribution in [2.75, 3.05) is 13.2 Å². The highest BCUT2D eigenvalue weighted by Crippen LogP contribution is 2.32. The van der Waals surface area contributed by atoms with E-state index in [1.54, 1.807) is 0 Å². The van der Waals surface area contributed by atoms with Crippen molar-refractivity contribution < 1.29 is 9.47 Å². The molecule has 2 rings (SSSR count). The number of halogens is 1. The Morgan fingerprint density at radius 3 is 2.28 bits per heavy atom. The molecule has 4 heteroatoms. The Labute approximate surface area is 183 Å². The molecule has 0 bridgehead atoms. The topological polar surface area (TPSA) is 30.5 Å². The molecule has 0 atom stereocenters. The number of benzene rings is 2. The van der Waals surface area contributed by atoms with Gasteiger partial charge in [0.15, 0.2) is 11.5 Å². The third-order valence-corrected chi connectivity index (χ3v) is 4.89. The molecule has 0 unspecified atom stereocenters. The molecule has 0 amide bonds. The summed E-state index contributed by atoms with van der Waals surface area (Å²) in [5.74, 6) is 1.69. The van der Waals surface area contributed by atoms with Gasteiger partial charge in [-0.3, -0.25) is 0 Å². The smallest absolute Gasteiger partial charge is 0.166 e. The first-order chi connectivity index (χ1) is 13.7. The second-order valence-electron chi connectivity index (χ2n) is 7.40. The van der Waals surface area contributed by atoms with E-state index in [4.69, 9.17) is 9.47 Å². The molecular formula is C25H38ClNO2. The Balaban J connectivity index is 0.00000420. The SMILES string of the molecule is CCCCCCCCNCc1cccc(OCC)c1OCc1ccc(C)cc1.Cl. The van der Waals surface area contributed by atoms with Crippen LogP contribution >= 0.6 is 12.4 Å². The van der Waals surface area contributed by atoms with Crippen LogP contribution < -0.4 is 14.8 Å². The number of para-hydroxylation sites is 1. The van der Waals surface area contributed by atoms with Crippen LogP contribution in [0.25, 0.3) is 0 Å². The van der Waals surface area contributed by atoms with Crippen molar-refractivity contribution in [3.63, 3.8) is 0 Å². The molecule has 0 spiro atoms. The fraction of sp³-hybridized carbons (Fsp3) is 0.520. The van der Waals surface area contributed by atoms with Gasteiger partial charge >= 0.3 is 0 Å². The van der Waals surface area contributed by atoms with Crippen LogP contribution in [-0.4, -0.2) is 13.2 Å². The van der Waals surface area contributed by atoms with Crippen LogP contribution in [0, 0.1) is 6.92 Å². The van der Waals surface area contributed by atoms with Gasteiger partial charge in [0, 0.05) is 12.1 Å². The standard InChI is InChI=1S/C25H37NO2.ClH/c1-4-6-7-8-9-10-18-26-19-23-12-11-13-24(27-5-2)25(23)28-20-22-16-14-21(3)15-17-22;/h11-17,26H,4-10,18-20H2,1-3H3;1H. The lowest BCUT2D eigenvalue weighted by molar-refractivity contribution is 0.266. The maximum atomic E-state index is 6.20. The number of hydrogen-bond acceptors (Lipinski definition) is 3. The first kappa shape index (κ1) is 25.3. The number of nitrogens with one attached hydrogen (secondary N) is 1. The van der Waals surface area contributed by atoms with Crippen molar-refractivity contribution in [3.05, 3.63) is 59.2 Å². The molecule has 0 aliphatic rings. The zero-order chi connectivity index (χ0) is 20.0. The number of rotatable bonds is 14. The zero-order valence-corrected chi connectivity index (χ0v) is 19.2. The molecule has 0 aliphatic heterocycles. The van der Waals surface area contributed by atoms with Crippen molar-refractivity contribution >= 4 is 12.4 Å². The van der Waals surface area contributed by atoms with Crippen LogP contribution in [0.3, 0.4) is 0 Å². The van der Waals surface area contributed by atoms with Crippen LogP contribution in [0.1, 0.15) is 69.1 Å². The Morgan fingerprint density at radius 2 is 1.55 bits per heavy atom. The number of hydrogen-bond donors (Lipinski definition) is 1. The fourth-order valence-electron chi connectivity index (χ4n) is 3.23. The quantitative estimate of drug-likeness (QED) is 0.340. The molecule has 0 aliphatic carbocycles. The molecule has 0 aromatic heterocycles. The first-order valence-electron chi connectivity index (χ1n) is 10.9. The Morgan fingerprint density at radius 1 is 0.828 bits per heavy atom. The van der Waals surface area contributed by atoms with E-state index in [9.17, 15) is 0 Å². The lowest BCUT2D eigenvalue weighted by Gasteiger charge is -2.16. The molecule has 0 fully saturated rings. The third kappa shape index (κ3) is 9.56. The van der Waals surface area contributed by atoms with E-state index < -0.39 is 0 Å². The van der Waals surface area contributed by atoms with Gasteiger partial charge in [-0.15, -0.1) is 12.4 Å². The molecular weight excluding hydrogens is 382 g/mol. The highest BCUT2D eigenvalue weighted by Gasteiger charge is 2.11. The summed E-state index contributed by atoms with van der Waals surface area (Å²) in [5.41, 5.74) is 3.59. The maximum absolute atomic E-state index is 6.20. The lowest BCUT2D eigenvalue weighted by atomic mass is 10.1. The van der Waals surface area contributed by atoms with Crippen LogP contribution in [0.2, 0.25) is 0 Å². The lowest BCUT2D eigenvalue weighted by Crippen LogP contribution is -2.16. The molecule has 2 aromatic rings. The second kappa shape index (κ2) is 15.2. The van der Waals surface area contributed by atoms with E-state index in [2.05, 4.69) is 49.5 Å². The average Bonchev–Trinajstić information content (AvgIpc) is 2.71. The van der Waals surface area contributed by atoms with Crippen molar-refractivity contribution in [2.24, 2.45) is 0 Å². The molecule has 1 N–H and O–H groups in total. The van der Waals surface area contributed by atoms with Gasteiger partial charge in [-0.2, -0.15) is 0 Å². The normalized spacial score (nSPS) is 10.4. The van der Waals surface area contributed by atoms with Crippen molar-refractivity contribution in [1.29, 1.82) is 0 Å². The molecule has 0 saturated heterocycles. The minimum Gasteiger partial charge on any atom is -0.490 e. The van der Waals surface area contributed by atoms with E-state index in [-0.39, 0.29) is 12.4 Å². The fourth-order valence-corrected chi connectivity index (χ4v) is 3.23. The van der Waals surface area contributed by atoms with Crippen LogP contribution in [0.15, 0.2) is 42.5 Å². The number of unbranched alkanes of at least 4 members (excludes halogenated alkanes) is 5. The summed E-state index contributed by atoms with van der Waals surface area (Å²) in [7, 11) is 0. The van der Waals surface area contributed by atoms with Crippen LogP contribution in [-0.2, 0) is 13.2 Å². The average molecular weight is 420 g/mol. The minimum absolute atomic E-state index is 0. The highest BCUT2D eigenvalue weighted by molar-refractivity contribution is 5.85. The summed E-state index contributed by atoms with van der Waals surface area (Å²) in [5, 5.41) is 3.57. The van der Waals surface area contributed by atoms with Gasteiger partial charge in [-0.05, 0) is 38.4 Å². The van der Waals surface area contributed by atoms with Gasteiger partial charge in [0.1, 0.15) is 6.61 Å². The molecule has 3 nitrogen and oxygen atoms in total. The predicted octanol–water partition coefficient (Wildman–Crippen LogP) is 6.84. The first-order valence-corrected chi connectivity index (χ1v) is 10.9. The van der Waals surface area contributed by atoms with E-state index in [1.807, 2.05) is 19.1 Å². The third-order valence-electron chi connectivity index (χ3n) is 4.89. The van der Waals surface area contributed by atoms with Gasteiger partial charge in [0.05, 0.1) is 6.61 Å². The summed E-state index contributed by atoms with van der Waals surface area (Å²) in [6.45, 7) is 9.40. The van der Waals surface area contributed by atoms with E-state index >= 15 is 0 Å². The van der Waals surface area contributed by atoms with Crippen molar-refractivity contribution in [1.82, 2.24) is 5.32 Å². The van der Waals surface area contributed by atoms with Gasteiger partial charge < -0.3 is 14.8 Å². The second-order valence-corrected chi connectivity index (χ2v) is 7.40. The maximum Gasteiger partial charge on any atom is 0.166 e. The van der Waals surface area contributed by atoms with E-state index in [0.717, 1.165) is 30.2 Å². The summed E-state index contributed by atoms with van der Waals surface area (Å²) in [4.78, 5) is 0. The number of ether oxygens (including phenoxy) is 2. The van der Waals surface area contributed by atoms with Crippen molar-refractivity contribution in [2.45, 2.75) is 72.4 Å². The summed E-state index contributed by atoms with van der Waals surface area (Å²) in [6, 6.07) is 14.6. The van der Waals surface area contributed by atoms with E-state index in [0.29, 0.717) is 13.2 Å². The van der Waals surface area contributed by atoms with Gasteiger partial charge in [0.25, 0.3) is 0 Å². The van der Waals surface area contributed by atoms with Gasteiger partial charge in [0.2, 0.25) is 0 Å². The Kier molecular flexibility index (Phi) is 13.3. The van der Waals surface area contributed by atoms with Crippen LogP contribution in [0.5, 0.6) is 11.5 Å². The summed E-state index contributed by atoms with van der Waals surface area (Å²) < 4.78 is 12.0. The molecule has 162 valence electrons. The largest absolute Gasteiger partial charge is 0.490 e. The minimum atomic E-state index is 0. The number of aryl methyl sites for hydroxylation is 1. The molecule has 29 heavy (non-hydrogen) atoms. The molecule has 0 radical (unpaired) electrons. The summed E-state index contributed by atoms with van der Waals surface area (Å²) >= 11 is 0. The molecule has 0 saturated carbocycles. The predicted molar refractivity (Wildman–Crippen MR) is 125 cm³/mol.